The Bertz CT molecular complexity index is 779. The van der Waals surface area contributed by atoms with Gasteiger partial charge in [0.2, 0.25) is 5.91 Å². The highest BCUT2D eigenvalue weighted by Crippen LogP contribution is 2.15. The molecule has 3 rings (SSSR count). The van der Waals surface area contributed by atoms with E-state index in [1.165, 1.54) is 0 Å². The molecule has 0 fully saturated rings. The lowest BCUT2D eigenvalue weighted by Gasteiger charge is -2.11. The number of carbonyl (C=O) groups is 1. The molecule has 1 N–H and O–H groups in total. The van der Waals surface area contributed by atoms with Crippen LogP contribution in [0.25, 0.3) is 5.69 Å². The van der Waals surface area contributed by atoms with Crippen molar-refractivity contribution in [2.75, 3.05) is 0 Å². The van der Waals surface area contributed by atoms with Crippen molar-refractivity contribution in [3.8, 4) is 5.69 Å². The number of hydrogen-bond donors (Lipinski definition) is 1. The predicted octanol–water partition coefficient (Wildman–Crippen LogP) is 3.99. The van der Waals surface area contributed by atoms with Crippen molar-refractivity contribution in [2.45, 2.75) is 13.0 Å². The van der Waals surface area contributed by atoms with Gasteiger partial charge in [0.25, 0.3) is 0 Å². The van der Waals surface area contributed by atoms with E-state index in [0.717, 1.165) is 16.8 Å². The Kier molecular flexibility index (Phi) is 4.79. The molecule has 0 aliphatic rings. The molecular weight excluding hydrogens is 308 g/mol. The minimum absolute atomic E-state index is 0.00497. The SMILES string of the molecule is O=C(Cc1ccc(Cl)cc1)NCc1ccccc1-n1cccc1. The molecule has 0 atom stereocenters. The van der Waals surface area contributed by atoms with E-state index < -0.39 is 0 Å². The van der Waals surface area contributed by atoms with Gasteiger partial charge in [-0.15, -0.1) is 0 Å². The van der Waals surface area contributed by atoms with Gasteiger partial charge in [0.05, 0.1) is 6.42 Å². The molecule has 0 saturated heterocycles. The number of para-hydroxylation sites is 1. The third-order valence-corrected chi connectivity index (χ3v) is 3.88. The van der Waals surface area contributed by atoms with Gasteiger partial charge in [-0.3, -0.25) is 4.79 Å². The summed E-state index contributed by atoms with van der Waals surface area (Å²) in [4.78, 5) is 12.1. The molecule has 23 heavy (non-hydrogen) atoms. The third kappa shape index (κ3) is 4.02. The molecule has 0 bridgehead atoms. The number of aromatic nitrogens is 1. The van der Waals surface area contributed by atoms with Gasteiger partial charge in [0.1, 0.15) is 0 Å². The lowest BCUT2D eigenvalue weighted by molar-refractivity contribution is -0.120. The lowest BCUT2D eigenvalue weighted by atomic mass is 10.1. The second kappa shape index (κ2) is 7.16. The summed E-state index contributed by atoms with van der Waals surface area (Å²) in [7, 11) is 0. The van der Waals surface area contributed by atoms with Crippen molar-refractivity contribution in [2.24, 2.45) is 0 Å². The molecule has 0 radical (unpaired) electrons. The number of benzene rings is 2. The first-order valence-corrected chi connectivity index (χ1v) is 7.82. The van der Waals surface area contributed by atoms with Crippen LogP contribution in [0.15, 0.2) is 73.1 Å². The number of nitrogens with zero attached hydrogens (tertiary/aromatic N) is 1. The van der Waals surface area contributed by atoms with Crippen LogP contribution < -0.4 is 5.32 Å². The molecule has 1 amide bonds. The van der Waals surface area contributed by atoms with Crippen molar-refractivity contribution in [3.63, 3.8) is 0 Å². The Balaban J connectivity index is 1.64. The fourth-order valence-electron chi connectivity index (χ4n) is 2.45. The van der Waals surface area contributed by atoms with Crippen LogP contribution in [0.5, 0.6) is 0 Å². The molecule has 1 heterocycles. The predicted molar refractivity (Wildman–Crippen MR) is 92.8 cm³/mol. The number of rotatable bonds is 5. The smallest absolute Gasteiger partial charge is 0.224 e. The van der Waals surface area contributed by atoms with Gasteiger partial charge < -0.3 is 9.88 Å². The largest absolute Gasteiger partial charge is 0.352 e. The maximum atomic E-state index is 12.1. The van der Waals surface area contributed by atoms with Crippen LogP contribution in [0.2, 0.25) is 5.02 Å². The zero-order valence-electron chi connectivity index (χ0n) is 12.6. The van der Waals surface area contributed by atoms with E-state index in [1.54, 1.807) is 12.1 Å². The molecule has 4 heteroatoms. The van der Waals surface area contributed by atoms with E-state index in [0.29, 0.717) is 18.0 Å². The quantitative estimate of drug-likeness (QED) is 0.756. The van der Waals surface area contributed by atoms with Crippen LogP contribution in [-0.2, 0) is 17.8 Å². The van der Waals surface area contributed by atoms with Crippen LogP contribution >= 0.6 is 11.6 Å². The number of halogens is 1. The number of carbonyl (C=O) groups excluding carboxylic acids is 1. The normalized spacial score (nSPS) is 10.5. The van der Waals surface area contributed by atoms with E-state index in [2.05, 4.69) is 5.32 Å². The summed E-state index contributed by atoms with van der Waals surface area (Å²) in [6, 6.07) is 19.3. The summed E-state index contributed by atoms with van der Waals surface area (Å²) < 4.78 is 2.04. The van der Waals surface area contributed by atoms with Gasteiger partial charge in [-0.2, -0.15) is 0 Å². The van der Waals surface area contributed by atoms with E-state index in [1.807, 2.05) is 65.5 Å². The first-order valence-electron chi connectivity index (χ1n) is 7.45. The molecule has 116 valence electrons. The fraction of sp³-hybridized carbons (Fsp3) is 0.105. The van der Waals surface area contributed by atoms with Gasteiger partial charge in [0.15, 0.2) is 0 Å². The number of hydrogen-bond acceptors (Lipinski definition) is 1. The highest BCUT2D eigenvalue weighted by Gasteiger charge is 2.07. The van der Waals surface area contributed by atoms with Crippen LogP contribution in [0.4, 0.5) is 0 Å². The topological polar surface area (TPSA) is 34.0 Å². The van der Waals surface area contributed by atoms with Crippen molar-refractivity contribution < 1.29 is 4.79 Å². The molecule has 0 aliphatic heterocycles. The Hall–Kier alpha value is -2.52. The highest BCUT2D eigenvalue weighted by molar-refractivity contribution is 6.30. The summed E-state index contributed by atoms with van der Waals surface area (Å²) in [6.45, 7) is 0.501. The maximum Gasteiger partial charge on any atom is 0.224 e. The van der Waals surface area contributed by atoms with Gasteiger partial charge in [0, 0.05) is 29.6 Å². The molecule has 3 aromatic rings. The standard InChI is InChI=1S/C19H17ClN2O/c20-17-9-7-15(8-10-17)13-19(23)21-14-16-5-1-2-6-18(16)22-11-3-4-12-22/h1-12H,13-14H2,(H,21,23). The molecular formula is C19H17ClN2O. The average molecular weight is 325 g/mol. The lowest BCUT2D eigenvalue weighted by Crippen LogP contribution is -2.25. The summed E-state index contributed by atoms with van der Waals surface area (Å²) in [5, 5.41) is 3.65. The summed E-state index contributed by atoms with van der Waals surface area (Å²) >= 11 is 5.85. The zero-order chi connectivity index (χ0) is 16.1. The number of amides is 1. The summed E-state index contributed by atoms with van der Waals surface area (Å²) in [5.74, 6) is -0.00497. The minimum Gasteiger partial charge on any atom is -0.352 e. The average Bonchev–Trinajstić information content (AvgIpc) is 3.10. The zero-order valence-corrected chi connectivity index (χ0v) is 13.3. The second-order valence-electron chi connectivity index (χ2n) is 5.30. The minimum atomic E-state index is -0.00497. The third-order valence-electron chi connectivity index (χ3n) is 3.63. The van der Waals surface area contributed by atoms with Crippen molar-refractivity contribution in [1.29, 1.82) is 0 Å². The summed E-state index contributed by atoms with van der Waals surface area (Å²) in [6.07, 6.45) is 4.34. The van der Waals surface area contributed by atoms with E-state index in [4.69, 9.17) is 11.6 Å². The molecule has 1 aromatic heterocycles. The highest BCUT2D eigenvalue weighted by atomic mass is 35.5. The van der Waals surface area contributed by atoms with Gasteiger partial charge in [-0.1, -0.05) is 41.9 Å². The van der Waals surface area contributed by atoms with Gasteiger partial charge in [-0.25, -0.2) is 0 Å². The first-order chi connectivity index (χ1) is 11.2. The van der Waals surface area contributed by atoms with Crippen LogP contribution in [0.1, 0.15) is 11.1 Å². The van der Waals surface area contributed by atoms with Gasteiger partial charge >= 0.3 is 0 Å². The molecule has 0 aliphatic carbocycles. The van der Waals surface area contributed by atoms with Crippen molar-refractivity contribution in [3.05, 3.63) is 89.2 Å². The number of nitrogens with one attached hydrogen (secondary N) is 1. The maximum absolute atomic E-state index is 12.1. The monoisotopic (exact) mass is 324 g/mol. The molecule has 0 saturated carbocycles. The van der Waals surface area contributed by atoms with E-state index >= 15 is 0 Å². The summed E-state index contributed by atoms with van der Waals surface area (Å²) in [5.41, 5.74) is 3.10. The van der Waals surface area contributed by atoms with Gasteiger partial charge in [-0.05, 0) is 41.5 Å². The van der Waals surface area contributed by atoms with Crippen LogP contribution in [-0.4, -0.2) is 10.5 Å². The Morgan fingerprint density at radius 1 is 0.957 bits per heavy atom. The van der Waals surface area contributed by atoms with Crippen molar-refractivity contribution >= 4 is 17.5 Å². The molecule has 3 nitrogen and oxygen atoms in total. The Morgan fingerprint density at radius 2 is 1.65 bits per heavy atom. The van der Waals surface area contributed by atoms with E-state index in [-0.39, 0.29) is 5.91 Å². The molecule has 0 spiro atoms. The first kappa shape index (κ1) is 15.4. The Labute approximate surface area is 140 Å². The fourth-order valence-corrected chi connectivity index (χ4v) is 2.58. The second-order valence-corrected chi connectivity index (χ2v) is 5.74. The van der Waals surface area contributed by atoms with Crippen LogP contribution in [0, 0.1) is 0 Å². The van der Waals surface area contributed by atoms with E-state index in [9.17, 15) is 4.79 Å². The van der Waals surface area contributed by atoms with Crippen LogP contribution in [0.3, 0.4) is 0 Å². The molecule has 0 unspecified atom stereocenters. The molecule has 2 aromatic carbocycles. The Morgan fingerprint density at radius 3 is 2.39 bits per heavy atom. The van der Waals surface area contributed by atoms with Crippen molar-refractivity contribution in [1.82, 2.24) is 9.88 Å².